The number of carbonyl (C=O) groups excluding carboxylic acids is 1. The van der Waals surface area contributed by atoms with E-state index in [9.17, 15) is 9.59 Å². The average molecular weight is 534 g/mol. The molecule has 0 bridgehead atoms. The van der Waals surface area contributed by atoms with Crippen LogP contribution < -0.4 is 15.4 Å². The summed E-state index contributed by atoms with van der Waals surface area (Å²) in [5, 5.41) is 19.2. The largest absolute Gasteiger partial charge is 0.488 e. The minimum atomic E-state index is -1.09. The number of anilines is 2. The number of hydrogen-bond donors (Lipinski definition) is 3. The third-order valence-electron chi connectivity index (χ3n) is 6.91. The van der Waals surface area contributed by atoms with E-state index < -0.39 is 6.09 Å². The van der Waals surface area contributed by atoms with Crippen molar-refractivity contribution in [3.63, 3.8) is 0 Å². The molecular weight excluding hydrogens is 494 g/mol. The van der Waals surface area contributed by atoms with E-state index in [4.69, 9.17) is 14.9 Å². The Balaban J connectivity index is 1.42. The second-order valence-electron chi connectivity index (χ2n) is 11.4. The van der Waals surface area contributed by atoms with E-state index in [0.717, 1.165) is 35.7 Å². The lowest BCUT2D eigenvalue weighted by molar-refractivity contribution is 0.000150. The van der Waals surface area contributed by atoms with Crippen molar-refractivity contribution in [1.82, 2.24) is 14.7 Å². The van der Waals surface area contributed by atoms with E-state index in [2.05, 4.69) is 29.4 Å². The van der Waals surface area contributed by atoms with Gasteiger partial charge in [0.05, 0.1) is 11.2 Å². The Kier molecular flexibility index (Phi) is 8.30. The van der Waals surface area contributed by atoms with Crippen molar-refractivity contribution in [1.29, 1.82) is 0 Å². The Morgan fingerprint density at radius 2 is 1.74 bits per heavy atom. The van der Waals surface area contributed by atoms with Crippen LogP contribution in [0.1, 0.15) is 61.8 Å². The zero-order chi connectivity index (χ0) is 28.3. The van der Waals surface area contributed by atoms with Crippen LogP contribution in [0.15, 0.2) is 48.5 Å². The number of carboxylic acid groups (broad SMARTS) is 1. The Bertz CT molecular complexity index is 1320. The molecule has 1 saturated heterocycles. The predicted molar refractivity (Wildman–Crippen MR) is 153 cm³/mol. The molecule has 1 aliphatic heterocycles. The van der Waals surface area contributed by atoms with Gasteiger partial charge in [-0.1, -0.05) is 6.07 Å². The standard InChI is InChI=1S/C30H39N5O4/c1-19(2)34-17-26(18-34)39-25-13-9-21(10-14-25)28(36)32-27-16-24(33-35(27)30(4,5)6)12-8-22-15-23(31-29(37)38)11-7-20(22)3/h7,9-11,13-16,19,26,31H,8,12,17-18H2,1-6H3,(H,32,36)(H,37,38). The second kappa shape index (κ2) is 11.5. The molecule has 208 valence electrons. The van der Waals surface area contributed by atoms with Gasteiger partial charge in [-0.3, -0.25) is 15.0 Å². The van der Waals surface area contributed by atoms with Gasteiger partial charge in [0.1, 0.15) is 17.7 Å². The number of ether oxygens (including phenoxy) is 1. The Morgan fingerprint density at radius 1 is 1.05 bits per heavy atom. The number of aryl methyl sites for hydroxylation is 3. The number of nitrogens with zero attached hydrogens (tertiary/aromatic N) is 3. The van der Waals surface area contributed by atoms with Gasteiger partial charge in [-0.25, -0.2) is 9.48 Å². The summed E-state index contributed by atoms with van der Waals surface area (Å²) in [6.07, 6.45) is 0.427. The maximum atomic E-state index is 13.1. The monoisotopic (exact) mass is 533 g/mol. The first-order chi connectivity index (χ1) is 18.4. The van der Waals surface area contributed by atoms with Crippen LogP contribution in [0.3, 0.4) is 0 Å². The third kappa shape index (κ3) is 7.17. The van der Waals surface area contributed by atoms with Gasteiger partial charge in [0.25, 0.3) is 5.91 Å². The smallest absolute Gasteiger partial charge is 0.409 e. The van der Waals surface area contributed by atoms with Crippen LogP contribution in [-0.4, -0.2) is 57.0 Å². The number of nitrogens with one attached hydrogen (secondary N) is 2. The number of likely N-dealkylation sites (tertiary alicyclic amines) is 1. The zero-order valence-electron chi connectivity index (χ0n) is 23.6. The van der Waals surface area contributed by atoms with Crippen molar-refractivity contribution in [2.45, 2.75) is 72.1 Å². The van der Waals surface area contributed by atoms with E-state index >= 15 is 0 Å². The molecule has 0 atom stereocenters. The molecule has 0 radical (unpaired) electrons. The summed E-state index contributed by atoms with van der Waals surface area (Å²) in [5.41, 5.74) is 3.71. The van der Waals surface area contributed by atoms with Gasteiger partial charge in [0.15, 0.2) is 0 Å². The Morgan fingerprint density at radius 3 is 2.36 bits per heavy atom. The first kappa shape index (κ1) is 28.2. The van der Waals surface area contributed by atoms with Crippen LogP contribution in [-0.2, 0) is 18.4 Å². The molecule has 9 nitrogen and oxygen atoms in total. The maximum absolute atomic E-state index is 13.1. The molecule has 2 heterocycles. The number of aromatic nitrogens is 2. The molecule has 0 saturated carbocycles. The molecule has 1 aromatic heterocycles. The molecule has 0 spiro atoms. The lowest BCUT2D eigenvalue weighted by Gasteiger charge is -2.41. The predicted octanol–water partition coefficient (Wildman–Crippen LogP) is 5.55. The van der Waals surface area contributed by atoms with Crippen LogP contribution in [0.2, 0.25) is 0 Å². The summed E-state index contributed by atoms with van der Waals surface area (Å²) >= 11 is 0. The lowest BCUT2D eigenvalue weighted by Crippen LogP contribution is -2.56. The van der Waals surface area contributed by atoms with Gasteiger partial charge in [0.2, 0.25) is 0 Å². The molecule has 0 aliphatic carbocycles. The van der Waals surface area contributed by atoms with Crippen molar-refractivity contribution >= 4 is 23.5 Å². The molecule has 2 aromatic carbocycles. The van der Waals surface area contributed by atoms with E-state index in [-0.39, 0.29) is 17.6 Å². The molecule has 2 amide bonds. The van der Waals surface area contributed by atoms with Gasteiger partial charge < -0.3 is 15.2 Å². The van der Waals surface area contributed by atoms with Gasteiger partial charge in [-0.2, -0.15) is 5.10 Å². The summed E-state index contributed by atoms with van der Waals surface area (Å²) in [5.74, 6) is 1.18. The quantitative estimate of drug-likeness (QED) is 0.333. The highest BCUT2D eigenvalue weighted by Gasteiger charge is 2.30. The molecular formula is C30H39N5O4. The molecule has 4 rings (SSSR count). The highest BCUT2D eigenvalue weighted by molar-refractivity contribution is 6.03. The highest BCUT2D eigenvalue weighted by Crippen LogP contribution is 2.25. The molecule has 39 heavy (non-hydrogen) atoms. The number of amides is 2. The Labute approximate surface area is 230 Å². The van der Waals surface area contributed by atoms with Crippen molar-refractivity contribution < 1.29 is 19.4 Å². The molecule has 1 fully saturated rings. The molecule has 1 aliphatic rings. The number of benzene rings is 2. The summed E-state index contributed by atoms with van der Waals surface area (Å²) in [7, 11) is 0. The van der Waals surface area contributed by atoms with Crippen molar-refractivity contribution in [2.24, 2.45) is 0 Å². The van der Waals surface area contributed by atoms with Crippen LogP contribution in [0.5, 0.6) is 5.75 Å². The maximum Gasteiger partial charge on any atom is 0.409 e. The van der Waals surface area contributed by atoms with Crippen LogP contribution in [0.25, 0.3) is 0 Å². The SMILES string of the molecule is Cc1ccc(NC(=O)O)cc1CCc1cc(NC(=O)c2ccc(OC3CN(C(C)C)C3)cc2)n(C(C)(C)C)n1. The fourth-order valence-electron chi connectivity index (χ4n) is 4.59. The fraction of sp³-hybridized carbons (Fsp3) is 0.433. The van der Waals surface area contributed by atoms with Crippen LogP contribution in [0.4, 0.5) is 16.3 Å². The van der Waals surface area contributed by atoms with Crippen molar-refractivity contribution in [2.75, 3.05) is 23.7 Å². The van der Waals surface area contributed by atoms with E-state index in [1.165, 1.54) is 0 Å². The summed E-state index contributed by atoms with van der Waals surface area (Å²) < 4.78 is 7.87. The average Bonchev–Trinajstić information content (AvgIpc) is 3.24. The second-order valence-corrected chi connectivity index (χ2v) is 11.4. The number of rotatable bonds is 9. The summed E-state index contributed by atoms with van der Waals surface area (Å²) in [6, 6.07) is 15.2. The highest BCUT2D eigenvalue weighted by atomic mass is 16.5. The fourth-order valence-corrected chi connectivity index (χ4v) is 4.59. The molecule has 9 heteroatoms. The zero-order valence-corrected chi connectivity index (χ0v) is 23.6. The third-order valence-corrected chi connectivity index (χ3v) is 6.91. The van der Waals surface area contributed by atoms with Gasteiger partial charge in [-0.15, -0.1) is 0 Å². The number of carbonyl (C=O) groups is 2. The molecule has 0 unspecified atom stereocenters. The normalized spacial score (nSPS) is 14.2. The lowest BCUT2D eigenvalue weighted by atomic mass is 10.0. The number of hydrogen-bond acceptors (Lipinski definition) is 5. The van der Waals surface area contributed by atoms with Crippen molar-refractivity contribution in [3.8, 4) is 5.75 Å². The van der Waals surface area contributed by atoms with Gasteiger partial charge in [0, 0.05) is 36.4 Å². The van der Waals surface area contributed by atoms with E-state index in [1.54, 1.807) is 18.2 Å². The molecule has 3 aromatic rings. The summed E-state index contributed by atoms with van der Waals surface area (Å²) in [6.45, 7) is 14.3. The van der Waals surface area contributed by atoms with E-state index in [0.29, 0.717) is 36.0 Å². The molecule has 3 N–H and O–H groups in total. The van der Waals surface area contributed by atoms with Gasteiger partial charge in [-0.05, 0) is 102 Å². The van der Waals surface area contributed by atoms with Crippen LogP contribution >= 0.6 is 0 Å². The minimum absolute atomic E-state index is 0.186. The van der Waals surface area contributed by atoms with Gasteiger partial charge >= 0.3 is 6.09 Å². The first-order valence-electron chi connectivity index (χ1n) is 13.4. The minimum Gasteiger partial charge on any atom is -0.488 e. The van der Waals surface area contributed by atoms with E-state index in [1.807, 2.05) is 62.7 Å². The Hall–Kier alpha value is -3.85. The van der Waals surface area contributed by atoms with Crippen molar-refractivity contribution in [3.05, 3.63) is 70.9 Å². The first-order valence-corrected chi connectivity index (χ1v) is 13.4. The summed E-state index contributed by atoms with van der Waals surface area (Å²) in [4.78, 5) is 26.5. The van der Waals surface area contributed by atoms with Crippen LogP contribution in [0, 0.1) is 6.92 Å². The topological polar surface area (TPSA) is 109 Å².